The van der Waals surface area contributed by atoms with Crippen molar-refractivity contribution in [3.8, 4) is 0 Å². The number of amides is 1. The lowest BCUT2D eigenvalue weighted by Gasteiger charge is -2.36. The summed E-state index contributed by atoms with van der Waals surface area (Å²) >= 11 is 11.8. The van der Waals surface area contributed by atoms with Crippen LogP contribution in [0.5, 0.6) is 0 Å². The van der Waals surface area contributed by atoms with Crippen LogP contribution in [0.15, 0.2) is 23.1 Å². The Kier molecular flexibility index (Phi) is 4.39. The van der Waals surface area contributed by atoms with Crippen LogP contribution in [-0.4, -0.2) is 43.0 Å². The van der Waals surface area contributed by atoms with Gasteiger partial charge in [0.1, 0.15) is 6.04 Å². The Bertz CT molecular complexity index is 737. The number of benzene rings is 1. The van der Waals surface area contributed by atoms with E-state index in [-0.39, 0.29) is 27.3 Å². The Hall–Kier alpha value is -1.15. The van der Waals surface area contributed by atoms with Crippen LogP contribution in [-0.2, 0) is 19.6 Å². The first kappa shape index (κ1) is 16.7. The summed E-state index contributed by atoms with van der Waals surface area (Å²) in [4.78, 5) is 24.3. The summed E-state index contributed by atoms with van der Waals surface area (Å²) in [5.41, 5.74) is 0. The number of nitrogens with zero attached hydrogens (tertiary/aromatic N) is 1. The number of hydrogen-bond donors (Lipinski definition) is 1. The maximum Gasteiger partial charge on any atom is 0.244 e. The normalized spacial score (nSPS) is 25.8. The van der Waals surface area contributed by atoms with E-state index in [1.807, 2.05) is 0 Å². The van der Waals surface area contributed by atoms with Crippen LogP contribution < -0.4 is 5.32 Å². The Morgan fingerprint density at radius 2 is 1.65 bits per heavy atom. The van der Waals surface area contributed by atoms with E-state index >= 15 is 0 Å². The van der Waals surface area contributed by atoms with Crippen LogP contribution in [0, 0.1) is 0 Å². The number of piperidine rings is 1. The summed E-state index contributed by atoms with van der Waals surface area (Å²) in [6, 6.07) is 2.24. The van der Waals surface area contributed by atoms with E-state index in [0.717, 1.165) is 4.31 Å². The van der Waals surface area contributed by atoms with Crippen molar-refractivity contribution in [2.24, 2.45) is 0 Å². The van der Waals surface area contributed by atoms with E-state index in [0.29, 0.717) is 19.3 Å². The molecular formula is C14H14Cl2N2O4S. The van der Waals surface area contributed by atoms with Gasteiger partial charge in [0, 0.05) is 10.0 Å². The summed E-state index contributed by atoms with van der Waals surface area (Å²) in [6.45, 7) is -0.150. The minimum absolute atomic E-state index is 0.116. The number of halogens is 2. The fourth-order valence-corrected chi connectivity index (χ4v) is 5.61. The molecule has 0 radical (unpaired) electrons. The molecule has 1 aromatic carbocycles. The number of Topliss-reactive ketones (excluding diaryl/α,β-unsaturated/α-hetero) is 1. The van der Waals surface area contributed by atoms with Crippen molar-refractivity contribution in [3.05, 3.63) is 28.2 Å². The molecule has 1 amide bonds. The van der Waals surface area contributed by atoms with Crippen LogP contribution in [0.4, 0.5) is 0 Å². The molecule has 0 aliphatic carbocycles. The molecule has 124 valence electrons. The number of ketones is 1. The van der Waals surface area contributed by atoms with E-state index in [1.54, 1.807) is 0 Å². The summed E-state index contributed by atoms with van der Waals surface area (Å²) < 4.78 is 27.1. The molecule has 2 aliphatic rings. The van der Waals surface area contributed by atoms with E-state index in [4.69, 9.17) is 23.2 Å². The molecule has 2 aliphatic heterocycles. The SMILES string of the molecule is O=C1NCC(=O)[C@@H]2CCCC1N2S(=O)(=O)c1cc(Cl)cc(Cl)c1. The zero-order chi connectivity index (χ0) is 16.8. The first-order valence-corrected chi connectivity index (χ1v) is 9.30. The molecular weight excluding hydrogens is 363 g/mol. The second kappa shape index (κ2) is 6.05. The molecule has 9 heteroatoms. The molecule has 23 heavy (non-hydrogen) atoms. The zero-order valence-corrected chi connectivity index (χ0v) is 14.3. The van der Waals surface area contributed by atoms with Crippen molar-refractivity contribution in [2.45, 2.75) is 36.2 Å². The fraction of sp³-hybridized carbons (Fsp3) is 0.429. The molecule has 2 bridgehead atoms. The highest BCUT2D eigenvalue weighted by atomic mass is 35.5. The third-order valence-corrected chi connectivity index (χ3v) is 6.42. The van der Waals surface area contributed by atoms with E-state index in [1.165, 1.54) is 18.2 Å². The van der Waals surface area contributed by atoms with Gasteiger partial charge in [-0.15, -0.1) is 0 Å². The van der Waals surface area contributed by atoms with Gasteiger partial charge in [-0.1, -0.05) is 23.2 Å². The number of carbonyl (C=O) groups is 2. The van der Waals surface area contributed by atoms with Gasteiger partial charge < -0.3 is 5.32 Å². The molecule has 0 aromatic heterocycles. The van der Waals surface area contributed by atoms with E-state index < -0.39 is 28.0 Å². The second-order valence-electron chi connectivity index (χ2n) is 5.59. The van der Waals surface area contributed by atoms with Crippen LogP contribution in [0.2, 0.25) is 10.0 Å². The number of sulfonamides is 1. The third-order valence-electron chi connectivity index (χ3n) is 4.09. The van der Waals surface area contributed by atoms with Gasteiger partial charge in [0.25, 0.3) is 0 Å². The van der Waals surface area contributed by atoms with Crippen molar-refractivity contribution in [3.63, 3.8) is 0 Å². The predicted molar refractivity (Wildman–Crippen MR) is 84.9 cm³/mol. The summed E-state index contributed by atoms with van der Waals surface area (Å²) in [6.07, 6.45) is 1.40. The highest BCUT2D eigenvalue weighted by Gasteiger charge is 2.47. The van der Waals surface area contributed by atoms with Crippen molar-refractivity contribution in [1.82, 2.24) is 9.62 Å². The van der Waals surface area contributed by atoms with Gasteiger partial charge in [0.2, 0.25) is 15.9 Å². The molecule has 1 aromatic rings. The van der Waals surface area contributed by atoms with Crippen LogP contribution in [0.3, 0.4) is 0 Å². The van der Waals surface area contributed by atoms with Gasteiger partial charge in [-0.05, 0) is 37.5 Å². The molecule has 2 fully saturated rings. The standard InChI is InChI=1S/C14H14Cl2N2O4S/c15-8-4-9(16)6-10(5-8)23(21,22)18-11-2-1-3-12(18)14(20)17-7-13(11)19/h4-6,11-12H,1-3,7H2,(H,17,20)/t11-,12?/m0/s1. The molecule has 1 unspecified atom stereocenters. The summed E-state index contributed by atoms with van der Waals surface area (Å²) in [5, 5.41) is 2.84. The van der Waals surface area contributed by atoms with Crippen molar-refractivity contribution < 1.29 is 18.0 Å². The lowest BCUT2D eigenvalue weighted by molar-refractivity contribution is -0.125. The molecule has 2 saturated heterocycles. The second-order valence-corrected chi connectivity index (χ2v) is 8.30. The molecule has 6 nitrogen and oxygen atoms in total. The highest BCUT2D eigenvalue weighted by molar-refractivity contribution is 7.89. The maximum atomic E-state index is 13.0. The van der Waals surface area contributed by atoms with Crippen LogP contribution in [0.25, 0.3) is 0 Å². The molecule has 0 spiro atoms. The smallest absolute Gasteiger partial charge is 0.244 e. The molecule has 2 atom stereocenters. The Morgan fingerprint density at radius 1 is 1.04 bits per heavy atom. The van der Waals surface area contributed by atoms with Gasteiger partial charge in [-0.3, -0.25) is 9.59 Å². The fourth-order valence-electron chi connectivity index (χ4n) is 3.07. The number of nitrogens with one attached hydrogen (secondary N) is 1. The highest BCUT2D eigenvalue weighted by Crippen LogP contribution is 2.33. The number of rotatable bonds is 2. The maximum absolute atomic E-state index is 13.0. The van der Waals surface area contributed by atoms with Gasteiger partial charge in [-0.2, -0.15) is 4.31 Å². The monoisotopic (exact) mass is 376 g/mol. The predicted octanol–water partition coefficient (Wildman–Crippen LogP) is 1.60. The first-order valence-electron chi connectivity index (χ1n) is 7.11. The molecule has 0 saturated carbocycles. The van der Waals surface area contributed by atoms with Crippen molar-refractivity contribution >= 4 is 44.9 Å². The largest absolute Gasteiger partial charge is 0.348 e. The molecule has 3 rings (SSSR count). The minimum Gasteiger partial charge on any atom is -0.348 e. The average Bonchev–Trinajstić information content (AvgIpc) is 2.56. The number of fused-ring (bicyclic) bond motifs is 2. The average molecular weight is 377 g/mol. The Balaban J connectivity index is 2.13. The minimum atomic E-state index is -4.07. The number of hydrogen-bond acceptors (Lipinski definition) is 4. The van der Waals surface area contributed by atoms with Gasteiger partial charge in [0.15, 0.2) is 5.78 Å². The van der Waals surface area contributed by atoms with Gasteiger partial charge in [0.05, 0.1) is 17.5 Å². The topological polar surface area (TPSA) is 83.6 Å². The lowest BCUT2D eigenvalue weighted by Crippen LogP contribution is -2.54. The van der Waals surface area contributed by atoms with Crippen molar-refractivity contribution in [1.29, 1.82) is 0 Å². The van der Waals surface area contributed by atoms with Crippen LogP contribution >= 0.6 is 23.2 Å². The van der Waals surface area contributed by atoms with Gasteiger partial charge >= 0.3 is 0 Å². The van der Waals surface area contributed by atoms with E-state index in [2.05, 4.69) is 5.32 Å². The van der Waals surface area contributed by atoms with E-state index in [9.17, 15) is 18.0 Å². The van der Waals surface area contributed by atoms with Crippen molar-refractivity contribution in [2.75, 3.05) is 6.54 Å². The first-order chi connectivity index (χ1) is 10.8. The summed E-state index contributed by atoms with van der Waals surface area (Å²) in [7, 11) is -4.07. The lowest BCUT2D eigenvalue weighted by atomic mass is 9.97. The summed E-state index contributed by atoms with van der Waals surface area (Å²) in [5.74, 6) is -0.755. The van der Waals surface area contributed by atoms with Crippen LogP contribution in [0.1, 0.15) is 19.3 Å². The zero-order valence-electron chi connectivity index (χ0n) is 12.0. The molecule has 1 N–H and O–H groups in total. The Morgan fingerprint density at radius 3 is 2.30 bits per heavy atom. The third kappa shape index (κ3) is 2.98. The molecule has 2 heterocycles. The Labute approximate surface area is 143 Å². The van der Waals surface area contributed by atoms with Gasteiger partial charge in [-0.25, -0.2) is 8.42 Å². The number of carbonyl (C=O) groups excluding carboxylic acids is 2. The quantitative estimate of drug-likeness (QED) is 0.849.